The molecule has 0 radical (unpaired) electrons. The zero-order chi connectivity index (χ0) is 13.7. The molecule has 0 aromatic heterocycles. The van der Waals surface area contributed by atoms with Gasteiger partial charge in [0, 0.05) is 23.0 Å². The molecule has 20 heavy (non-hydrogen) atoms. The number of carbonyl (C=O) groups is 1. The van der Waals surface area contributed by atoms with Gasteiger partial charge in [0.05, 0.1) is 0 Å². The first kappa shape index (κ1) is 17.5. The van der Waals surface area contributed by atoms with Crippen molar-refractivity contribution in [3.63, 3.8) is 0 Å². The summed E-state index contributed by atoms with van der Waals surface area (Å²) < 4.78 is 1.07. The number of hydrogen-bond acceptors (Lipinski definition) is 2. The second-order valence-electron chi connectivity index (χ2n) is 5.31. The third-order valence-electron chi connectivity index (χ3n) is 3.69. The van der Waals surface area contributed by atoms with Crippen LogP contribution in [-0.2, 0) is 11.2 Å². The van der Waals surface area contributed by atoms with E-state index in [1.165, 1.54) is 5.56 Å². The third kappa shape index (κ3) is 5.81. The molecule has 0 atom stereocenters. The smallest absolute Gasteiger partial charge is 0.220 e. The summed E-state index contributed by atoms with van der Waals surface area (Å²) in [4.78, 5) is 11.9. The molecule has 0 unspecified atom stereocenters. The molecule has 112 valence electrons. The van der Waals surface area contributed by atoms with Crippen LogP contribution in [0.2, 0.25) is 0 Å². The van der Waals surface area contributed by atoms with Gasteiger partial charge >= 0.3 is 0 Å². The second kappa shape index (κ2) is 8.65. The number of nitrogens with two attached hydrogens (primary N) is 1. The van der Waals surface area contributed by atoms with Crippen molar-refractivity contribution in [3.8, 4) is 0 Å². The summed E-state index contributed by atoms with van der Waals surface area (Å²) in [5.74, 6) is 0.156. The Morgan fingerprint density at radius 1 is 1.20 bits per heavy atom. The van der Waals surface area contributed by atoms with Gasteiger partial charge in [0.15, 0.2) is 0 Å². The predicted octanol–water partition coefficient (Wildman–Crippen LogP) is 3.19. The first-order valence-corrected chi connectivity index (χ1v) is 7.72. The van der Waals surface area contributed by atoms with Crippen molar-refractivity contribution in [2.75, 3.05) is 0 Å². The van der Waals surface area contributed by atoms with Crippen molar-refractivity contribution in [3.05, 3.63) is 34.3 Å². The summed E-state index contributed by atoms with van der Waals surface area (Å²) in [6, 6.07) is 8.78. The highest BCUT2D eigenvalue weighted by Gasteiger charge is 2.19. The van der Waals surface area contributed by atoms with Crippen LogP contribution in [0.4, 0.5) is 0 Å². The van der Waals surface area contributed by atoms with E-state index in [4.69, 9.17) is 5.73 Å². The standard InChI is InChI=1S/C15H21BrN2O.ClH/c16-12-4-1-11(2-5-12)3-10-15(19)18-14-8-6-13(17)7-9-14;/h1-2,4-5,13-14H,3,6-10,17H2,(H,18,19);1H. The SMILES string of the molecule is Cl.NC1CCC(NC(=O)CCc2ccc(Br)cc2)CC1. The van der Waals surface area contributed by atoms with Gasteiger partial charge in [0.1, 0.15) is 0 Å². The number of nitrogens with one attached hydrogen (secondary N) is 1. The molecule has 1 aliphatic carbocycles. The Bertz CT molecular complexity index is 416. The van der Waals surface area contributed by atoms with Gasteiger partial charge in [-0.2, -0.15) is 0 Å². The van der Waals surface area contributed by atoms with E-state index in [0.29, 0.717) is 18.5 Å². The van der Waals surface area contributed by atoms with Crippen molar-refractivity contribution in [1.29, 1.82) is 0 Å². The van der Waals surface area contributed by atoms with Gasteiger partial charge in [0.25, 0.3) is 0 Å². The molecule has 1 aliphatic rings. The normalized spacial score (nSPS) is 21.9. The second-order valence-corrected chi connectivity index (χ2v) is 6.22. The molecule has 1 saturated carbocycles. The fraction of sp³-hybridized carbons (Fsp3) is 0.533. The molecule has 1 aromatic carbocycles. The minimum atomic E-state index is 0. The Morgan fingerprint density at radius 2 is 1.80 bits per heavy atom. The van der Waals surface area contributed by atoms with Crippen LogP contribution < -0.4 is 11.1 Å². The Hall–Kier alpha value is -0.580. The van der Waals surface area contributed by atoms with Gasteiger partial charge in [0.2, 0.25) is 5.91 Å². The number of hydrogen-bond donors (Lipinski definition) is 2. The number of rotatable bonds is 4. The van der Waals surface area contributed by atoms with E-state index in [9.17, 15) is 4.79 Å². The molecule has 0 bridgehead atoms. The lowest BCUT2D eigenvalue weighted by Crippen LogP contribution is -2.40. The average Bonchev–Trinajstić information content (AvgIpc) is 2.41. The molecule has 1 amide bonds. The van der Waals surface area contributed by atoms with Crippen molar-refractivity contribution >= 4 is 34.2 Å². The van der Waals surface area contributed by atoms with E-state index in [1.54, 1.807) is 0 Å². The fourth-order valence-corrected chi connectivity index (χ4v) is 2.74. The maximum atomic E-state index is 11.9. The van der Waals surface area contributed by atoms with E-state index in [0.717, 1.165) is 36.6 Å². The zero-order valence-corrected chi connectivity index (χ0v) is 13.9. The van der Waals surface area contributed by atoms with Crippen LogP contribution in [0.1, 0.15) is 37.7 Å². The minimum absolute atomic E-state index is 0. The van der Waals surface area contributed by atoms with Crippen molar-refractivity contribution in [2.24, 2.45) is 5.73 Å². The van der Waals surface area contributed by atoms with Gasteiger partial charge in [-0.05, 0) is 49.8 Å². The Balaban J connectivity index is 0.00000200. The first-order valence-electron chi connectivity index (χ1n) is 6.93. The zero-order valence-electron chi connectivity index (χ0n) is 11.5. The molecule has 1 aromatic rings. The van der Waals surface area contributed by atoms with E-state index in [2.05, 4.69) is 33.4 Å². The molecule has 3 N–H and O–H groups in total. The molecule has 5 heteroatoms. The number of carbonyl (C=O) groups excluding carboxylic acids is 1. The number of benzene rings is 1. The predicted molar refractivity (Wildman–Crippen MR) is 88.1 cm³/mol. The van der Waals surface area contributed by atoms with Gasteiger partial charge < -0.3 is 11.1 Å². The third-order valence-corrected chi connectivity index (χ3v) is 4.22. The summed E-state index contributed by atoms with van der Waals surface area (Å²) in [5, 5.41) is 3.12. The summed E-state index contributed by atoms with van der Waals surface area (Å²) in [6.07, 6.45) is 5.45. The molecule has 1 fully saturated rings. The highest BCUT2D eigenvalue weighted by Crippen LogP contribution is 2.17. The molecule has 0 saturated heterocycles. The van der Waals surface area contributed by atoms with Crippen LogP contribution in [-0.4, -0.2) is 18.0 Å². The van der Waals surface area contributed by atoms with Crippen molar-refractivity contribution in [1.82, 2.24) is 5.32 Å². The first-order chi connectivity index (χ1) is 9.13. The molecule has 2 rings (SSSR count). The van der Waals surface area contributed by atoms with E-state index >= 15 is 0 Å². The molecular weight excluding hydrogens is 340 g/mol. The molecule has 3 nitrogen and oxygen atoms in total. The quantitative estimate of drug-likeness (QED) is 0.865. The maximum Gasteiger partial charge on any atom is 0.220 e. The van der Waals surface area contributed by atoms with Crippen LogP contribution in [0.15, 0.2) is 28.7 Å². The van der Waals surface area contributed by atoms with Gasteiger partial charge in [-0.25, -0.2) is 0 Å². The van der Waals surface area contributed by atoms with Gasteiger partial charge in [-0.3, -0.25) is 4.79 Å². The maximum absolute atomic E-state index is 11.9. The van der Waals surface area contributed by atoms with Crippen LogP contribution >= 0.6 is 28.3 Å². The average molecular weight is 362 g/mol. The lowest BCUT2D eigenvalue weighted by Gasteiger charge is -2.26. The highest BCUT2D eigenvalue weighted by atomic mass is 79.9. The fourth-order valence-electron chi connectivity index (χ4n) is 2.47. The lowest BCUT2D eigenvalue weighted by atomic mass is 9.92. The van der Waals surface area contributed by atoms with E-state index in [-0.39, 0.29) is 18.3 Å². The summed E-state index contributed by atoms with van der Waals surface area (Å²) in [5.41, 5.74) is 7.06. The van der Waals surface area contributed by atoms with Crippen LogP contribution in [0, 0.1) is 0 Å². The number of halogens is 2. The van der Waals surface area contributed by atoms with Crippen LogP contribution in [0.3, 0.4) is 0 Å². The number of aryl methyl sites for hydroxylation is 1. The summed E-state index contributed by atoms with van der Waals surface area (Å²) in [7, 11) is 0. The summed E-state index contributed by atoms with van der Waals surface area (Å²) in [6.45, 7) is 0. The van der Waals surface area contributed by atoms with Gasteiger partial charge in [-0.15, -0.1) is 12.4 Å². The minimum Gasteiger partial charge on any atom is -0.353 e. The monoisotopic (exact) mass is 360 g/mol. The molecule has 0 spiro atoms. The van der Waals surface area contributed by atoms with Crippen LogP contribution in [0.25, 0.3) is 0 Å². The number of amides is 1. The van der Waals surface area contributed by atoms with E-state index in [1.807, 2.05) is 12.1 Å². The Morgan fingerprint density at radius 3 is 2.40 bits per heavy atom. The molecule has 0 heterocycles. The molecular formula is C15H22BrClN2O. The summed E-state index contributed by atoms with van der Waals surface area (Å²) >= 11 is 3.41. The largest absolute Gasteiger partial charge is 0.353 e. The Kier molecular flexibility index (Phi) is 7.56. The topological polar surface area (TPSA) is 55.1 Å². The molecule has 0 aliphatic heterocycles. The van der Waals surface area contributed by atoms with Crippen molar-refractivity contribution in [2.45, 2.75) is 50.6 Å². The van der Waals surface area contributed by atoms with Gasteiger partial charge in [-0.1, -0.05) is 28.1 Å². The lowest BCUT2D eigenvalue weighted by molar-refractivity contribution is -0.122. The highest BCUT2D eigenvalue weighted by molar-refractivity contribution is 9.10. The van der Waals surface area contributed by atoms with E-state index < -0.39 is 0 Å². The van der Waals surface area contributed by atoms with Crippen molar-refractivity contribution < 1.29 is 4.79 Å². The Labute approximate surface area is 135 Å². The van der Waals surface area contributed by atoms with Crippen LogP contribution in [0.5, 0.6) is 0 Å².